The van der Waals surface area contributed by atoms with Crippen LogP contribution in [0.5, 0.6) is 0 Å². The molecule has 1 atom stereocenters. The number of aliphatic imine (C=N–C) groups is 1. The highest BCUT2D eigenvalue weighted by Crippen LogP contribution is 2.11. The number of rotatable bonds is 7. The molecule has 1 aromatic carbocycles. The van der Waals surface area contributed by atoms with Gasteiger partial charge in [0.05, 0.1) is 13.2 Å². The van der Waals surface area contributed by atoms with Crippen molar-refractivity contribution in [1.29, 1.82) is 0 Å². The van der Waals surface area contributed by atoms with E-state index in [9.17, 15) is 0 Å². The van der Waals surface area contributed by atoms with Crippen LogP contribution >= 0.6 is 0 Å². The molecule has 0 saturated heterocycles. The molecule has 0 spiro atoms. The monoisotopic (exact) mass is 291 g/mol. The van der Waals surface area contributed by atoms with Gasteiger partial charge in [0, 0.05) is 19.7 Å². The molecule has 4 heteroatoms. The lowest BCUT2D eigenvalue weighted by molar-refractivity contribution is 0.184. The Balaban J connectivity index is 2.77. The van der Waals surface area contributed by atoms with Gasteiger partial charge in [0.1, 0.15) is 0 Å². The van der Waals surface area contributed by atoms with Gasteiger partial charge in [0.2, 0.25) is 0 Å². The molecule has 2 N–H and O–H groups in total. The summed E-state index contributed by atoms with van der Waals surface area (Å²) >= 11 is 0. The van der Waals surface area contributed by atoms with Crippen LogP contribution in [0.2, 0.25) is 0 Å². The number of guanidine groups is 1. The zero-order valence-electron chi connectivity index (χ0n) is 13.9. The first-order valence-electron chi connectivity index (χ1n) is 7.69. The Morgan fingerprint density at radius 1 is 1.19 bits per heavy atom. The molecule has 0 aliphatic carbocycles. The van der Waals surface area contributed by atoms with Crippen molar-refractivity contribution in [2.45, 2.75) is 46.9 Å². The lowest BCUT2D eigenvalue weighted by atomic mass is 10.1. The molecule has 0 bridgehead atoms. The van der Waals surface area contributed by atoms with Crippen LogP contribution in [0.15, 0.2) is 29.3 Å². The number of benzene rings is 1. The molecule has 118 valence electrons. The first-order valence-corrected chi connectivity index (χ1v) is 7.69. The SMILES string of the molecule is CCNC(=NCc1ccccc1COC)NC(C)C(C)C. The van der Waals surface area contributed by atoms with E-state index in [4.69, 9.17) is 4.74 Å². The van der Waals surface area contributed by atoms with E-state index >= 15 is 0 Å². The van der Waals surface area contributed by atoms with Gasteiger partial charge < -0.3 is 15.4 Å². The molecule has 0 radical (unpaired) electrons. The van der Waals surface area contributed by atoms with Crippen molar-refractivity contribution in [3.8, 4) is 0 Å². The molecule has 0 aromatic heterocycles. The van der Waals surface area contributed by atoms with Gasteiger partial charge in [-0.2, -0.15) is 0 Å². The van der Waals surface area contributed by atoms with Gasteiger partial charge in [0.25, 0.3) is 0 Å². The number of hydrogen-bond donors (Lipinski definition) is 2. The molecular weight excluding hydrogens is 262 g/mol. The van der Waals surface area contributed by atoms with E-state index in [0.29, 0.717) is 25.1 Å². The van der Waals surface area contributed by atoms with Gasteiger partial charge in [-0.05, 0) is 30.9 Å². The largest absolute Gasteiger partial charge is 0.380 e. The summed E-state index contributed by atoms with van der Waals surface area (Å²) in [6, 6.07) is 8.66. The van der Waals surface area contributed by atoms with Crippen LogP contribution in [-0.4, -0.2) is 25.7 Å². The molecule has 21 heavy (non-hydrogen) atoms. The zero-order valence-corrected chi connectivity index (χ0v) is 13.9. The topological polar surface area (TPSA) is 45.7 Å². The number of methoxy groups -OCH3 is 1. The molecule has 4 nitrogen and oxygen atoms in total. The van der Waals surface area contributed by atoms with Crippen molar-refractivity contribution >= 4 is 5.96 Å². The highest BCUT2D eigenvalue weighted by Gasteiger charge is 2.09. The van der Waals surface area contributed by atoms with Crippen LogP contribution in [0.1, 0.15) is 38.8 Å². The Morgan fingerprint density at radius 3 is 2.43 bits per heavy atom. The quantitative estimate of drug-likeness (QED) is 0.600. The van der Waals surface area contributed by atoms with E-state index in [0.717, 1.165) is 12.5 Å². The summed E-state index contributed by atoms with van der Waals surface area (Å²) < 4.78 is 5.24. The maximum absolute atomic E-state index is 5.24. The van der Waals surface area contributed by atoms with Crippen LogP contribution in [0, 0.1) is 5.92 Å². The van der Waals surface area contributed by atoms with Crippen molar-refractivity contribution in [3.05, 3.63) is 35.4 Å². The normalized spacial score (nSPS) is 13.3. The Hall–Kier alpha value is -1.55. The van der Waals surface area contributed by atoms with E-state index in [1.807, 2.05) is 12.1 Å². The molecule has 0 fully saturated rings. The van der Waals surface area contributed by atoms with Crippen LogP contribution < -0.4 is 10.6 Å². The third-order valence-electron chi connectivity index (χ3n) is 3.53. The molecule has 1 rings (SSSR count). The predicted molar refractivity (Wildman–Crippen MR) is 89.4 cm³/mol. The van der Waals surface area contributed by atoms with E-state index in [2.05, 4.69) is 55.5 Å². The first-order chi connectivity index (χ1) is 10.1. The maximum atomic E-state index is 5.24. The van der Waals surface area contributed by atoms with E-state index in [1.54, 1.807) is 7.11 Å². The molecule has 0 aliphatic heterocycles. The lowest BCUT2D eigenvalue weighted by Gasteiger charge is -2.20. The molecule has 1 unspecified atom stereocenters. The van der Waals surface area contributed by atoms with Crippen molar-refractivity contribution in [1.82, 2.24) is 10.6 Å². The molecule has 0 amide bonds. The second kappa shape index (κ2) is 9.40. The smallest absolute Gasteiger partial charge is 0.191 e. The van der Waals surface area contributed by atoms with E-state index in [1.165, 1.54) is 11.1 Å². The fourth-order valence-corrected chi connectivity index (χ4v) is 1.87. The first kappa shape index (κ1) is 17.5. The van der Waals surface area contributed by atoms with Gasteiger partial charge in [0.15, 0.2) is 5.96 Å². The second-order valence-electron chi connectivity index (χ2n) is 5.57. The van der Waals surface area contributed by atoms with Gasteiger partial charge in [-0.3, -0.25) is 0 Å². The average molecular weight is 291 g/mol. The van der Waals surface area contributed by atoms with Gasteiger partial charge in [-0.1, -0.05) is 38.1 Å². The molecule has 0 aliphatic rings. The minimum atomic E-state index is 0.386. The molecule has 1 aromatic rings. The Morgan fingerprint density at radius 2 is 1.86 bits per heavy atom. The number of nitrogens with zero attached hydrogens (tertiary/aromatic N) is 1. The number of nitrogens with one attached hydrogen (secondary N) is 2. The molecule has 0 saturated carbocycles. The Labute approximate surface area is 129 Å². The highest BCUT2D eigenvalue weighted by atomic mass is 16.5. The summed E-state index contributed by atoms with van der Waals surface area (Å²) in [6.45, 7) is 10.8. The summed E-state index contributed by atoms with van der Waals surface area (Å²) in [5.74, 6) is 1.43. The number of hydrogen-bond acceptors (Lipinski definition) is 2. The average Bonchev–Trinajstić information content (AvgIpc) is 2.46. The minimum absolute atomic E-state index is 0.386. The minimum Gasteiger partial charge on any atom is -0.380 e. The van der Waals surface area contributed by atoms with Crippen LogP contribution in [-0.2, 0) is 17.9 Å². The van der Waals surface area contributed by atoms with Crippen molar-refractivity contribution in [3.63, 3.8) is 0 Å². The third kappa shape index (κ3) is 6.17. The second-order valence-corrected chi connectivity index (χ2v) is 5.57. The van der Waals surface area contributed by atoms with Crippen molar-refractivity contribution < 1.29 is 4.74 Å². The van der Waals surface area contributed by atoms with Crippen LogP contribution in [0.4, 0.5) is 0 Å². The lowest BCUT2D eigenvalue weighted by Crippen LogP contribution is -2.44. The third-order valence-corrected chi connectivity index (χ3v) is 3.53. The summed E-state index contributed by atoms with van der Waals surface area (Å²) in [6.07, 6.45) is 0. The maximum Gasteiger partial charge on any atom is 0.191 e. The summed E-state index contributed by atoms with van der Waals surface area (Å²) in [5.41, 5.74) is 2.39. The molecule has 0 heterocycles. The standard InChI is InChI=1S/C17H29N3O/c1-6-18-17(20-14(4)13(2)3)19-11-15-9-7-8-10-16(15)12-21-5/h7-10,13-14H,6,11-12H2,1-5H3,(H2,18,19,20). The summed E-state index contributed by atoms with van der Waals surface area (Å²) in [5, 5.41) is 6.74. The summed E-state index contributed by atoms with van der Waals surface area (Å²) in [7, 11) is 1.72. The van der Waals surface area contributed by atoms with Crippen molar-refractivity contribution in [2.24, 2.45) is 10.9 Å². The molecular formula is C17H29N3O. The van der Waals surface area contributed by atoms with Gasteiger partial charge >= 0.3 is 0 Å². The predicted octanol–water partition coefficient (Wildman–Crippen LogP) is 2.93. The summed E-state index contributed by atoms with van der Waals surface area (Å²) in [4.78, 5) is 4.69. The van der Waals surface area contributed by atoms with Gasteiger partial charge in [-0.25, -0.2) is 4.99 Å². The van der Waals surface area contributed by atoms with Gasteiger partial charge in [-0.15, -0.1) is 0 Å². The van der Waals surface area contributed by atoms with Crippen LogP contribution in [0.3, 0.4) is 0 Å². The Kier molecular flexibility index (Phi) is 7.83. The van der Waals surface area contributed by atoms with E-state index < -0.39 is 0 Å². The Bertz CT molecular complexity index is 443. The van der Waals surface area contributed by atoms with Crippen molar-refractivity contribution in [2.75, 3.05) is 13.7 Å². The number of ether oxygens (including phenoxy) is 1. The fraction of sp³-hybridized carbons (Fsp3) is 0.588. The van der Waals surface area contributed by atoms with E-state index in [-0.39, 0.29) is 0 Å². The fourth-order valence-electron chi connectivity index (χ4n) is 1.87. The highest BCUT2D eigenvalue weighted by molar-refractivity contribution is 5.80. The van der Waals surface area contributed by atoms with Crippen LogP contribution in [0.25, 0.3) is 0 Å². The zero-order chi connectivity index (χ0) is 15.7.